The first-order chi connectivity index (χ1) is 13.3. The molecule has 28 heavy (non-hydrogen) atoms. The lowest BCUT2D eigenvalue weighted by Crippen LogP contribution is -2.13. The minimum Gasteiger partial charge on any atom is -0.494 e. The Kier molecular flexibility index (Phi) is 5.40. The molecule has 0 amide bonds. The minimum atomic E-state index is -3.99. The molecular weight excluding hydrogens is 381 g/mol. The van der Waals surface area contributed by atoms with E-state index in [9.17, 15) is 12.8 Å². The zero-order chi connectivity index (χ0) is 20.5. The largest absolute Gasteiger partial charge is 0.494 e. The number of benzene rings is 2. The van der Waals surface area contributed by atoms with Gasteiger partial charge in [0.2, 0.25) is 10.0 Å². The minimum absolute atomic E-state index is 0.0719. The topological polar surface area (TPSA) is 82.5 Å². The molecule has 0 saturated heterocycles. The number of ether oxygens (including phenoxy) is 1. The van der Waals surface area contributed by atoms with E-state index in [-0.39, 0.29) is 22.3 Å². The van der Waals surface area contributed by atoms with Gasteiger partial charge in [0, 0.05) is 17.0 Å². The second kappa shape index (κ2) is 7.61. The third-order valence-corrected chi connectivity index (χ3v) is 5.42. The van der Waals surface area contributed by atoms with Crippen LogP contribution in [0.4, 0.5) is 4.39 Å². The van der Waals surface area contributed by atoms with Crippen molar-refractivity contribution < 1.29 is 22.0 Å². The zero-order valence-electron chi connectivity index (χ0n) is 15.5. The number of hydrogen-bond donors (Lipinski definition) is 1. The van der Waals surface area contributed by atoms with Crippen molar-refractivity contribution in [1.82, 2.24) is 0 Å². The van der Waals surface area contributed by atoms with Gasteiger partial charge in [-0.25, -0.2) is 17.9 Å². The van der Waals surface area contributed by atoms with Crippen molar-refractivity contribution in [3.05, 3.63) is 72.8 Å². The number of furan rings is 1. The Morgan fingerprint density at radius 2 is 1.89 bits per heavy atom. The van der Waals surface area contributed by atoms with Gasteiger partial charge in [-0.15, -0.1) is 6.58 Å². The Morgan fingerprint density at radius 1 is 1.18 bits per heavy atom. The van der Waals surface area contributed by atoms with Crippen molar-refractivity contribution in [3.8, 4) is 28.2 Å². The first-order valence-corrected chi connectivity index (χ1v) is 10.0. The molecule has 3 aromatic rings. The number of nitrogens with two attached hydrogens (primary N) is 1. The monoisotopic (exact) mass is 401 g/mol. The smallest absolute Gasteiger partial charge is 0.238 e. The molecule has 0 saturated carbocycles. The van der Waals surface area contributed by atoms with Gasteiger partial charge in [-0.1, -0.05) is 31.2 Å². The summed E-state index contributed by atoms with van der Waals surface area (Å²) in [5.74, 6) is 0.305. The third kappa shape index (κ3) is 3.72. The maximum absolute atomic E-state index is 14.3. The Morgan fingerprint density at radius 3 is 2.50 bits per heavy atom. The van der Waals surface area contributed by atoms with E-state index >= 15 is 0 Å². The van der Waals surface area contributed by atoms with Gasteiger partial charge in [0.15, 0.2) is 11.6 Å². The lowest BCUT2D eigenvalue weighted by molar-refractivity contribution is 0.386. The molecule has 1 heterocycles. The normalized spacial score (nSPS) is 12.6. The summed E-state index contributed by atoms with van der Waals surface area (Å²) in [6.45, 7) is 5.65. The first-order valence-electron chi connectivity index (χ1n) is 8.48. The highest BCUT2D eigenvalue weighted by atomic mass is 32.2. The maximum Gasteiger partial charge on any atom is 0.238 e. The van der Waals surface area contributed by atoms with Crippen LogP contribution in [0.2, 0.25) is 0 Å². The van der Waals surface area contributed by atoms with Crippen LogP contribution < -0.4 is 9.88 Å². The van der Waals surface area contributed by atoms with Crippen molar-refractivity contribution in [1.29, 1.82) is 0 Å². The fourth-order valence-electron chi connectivity index (χ4n) is 2.90. The van der Waals surface area contributed by atoms with Crippen molar-refractivity contribution in [3.63, 3.8) is 0 Å². The van der Waals surface area contributed by atoms with Crippen LogP contribution >= 0.6 is 0 Å². The van der Waals surface area contributed by atoms with Crippen LogP contribution in [0.15, 0.2) is 70.5 Å². The van der Waals surface area contributed by atoms with E-state index in [1.54, 1.807) is 36.4 Å². The second-order valence-electron chi connectivity index (χ2n) is 6.31. The first kappa shape index (κ1) is 19.9. The van der Waals surface area contributed by atoms with Crippen molar-refractivity contribution in [2.24, 2.45) is 5.14 Å². The molecule has 5 nitrogen and oxygen atoms in total. The van der Waals surface area contributed by atoms with Gasteiger partial charge in [-0.2, -0.15) is 0 Å². The summed E-state index contributed by atoms with van der Waals surface area (Å²) in [5.41, 5.74) is 1.36. The molecule has 1 atom stereocenters. The van der Waals surface area contributed by atoms with Gasteiger partial charge >= 0.3 is 0 Å². The lowest BCUT2D eigenvalue weighted by atomic mass is 10.00. The van der Waals surface area contributed by atoms with E-state index in [1.165, 1.54) is 25.3 Å². The summed E-state index contributed by atoms with van der Waals surface area (Å²) in [5, 5.41) is 5.38. The predicted octanol–water partition coefficient (Wildman–Crippen LogP) is 4.70. The van der Waals surface area contributed by atoms with Gasteiger partial charge < -0.3 is 9.15 Å². The number of primary sulfonamides is 1. The van der Waals surface area contributed by atoms with E-state index in [0.717, 1.165) is 0 Å². The summed E-state index contributed by atoms with van der Waals surface area (Å²) in [4.78, 5) is -0.0719. The van der Waals surface area contributed by atoms with Crippen molar-refractivity contribution in [2.45, 2.75) is 17.7 Å². The number of rotatable bonds is 6. The van der Waals surface area contributed by atoms with E-state index in [1.807, 2.05) is 6.92 Å². The molecule has 0 aliphatic rings. The molecular formula is C21H20FNO4S. The molecule has 7 heteroatoms. The Balaban J connectivity index is 2.29. The van der Waals surface area contributed by atoms with Gasteiger partial charge in [0.05, 0.1) is 12.0 Å². The number of methoxy groups -OCH3 is 1. The van der Waals surface area contributed by atoms with Crippen molar-refractivity contribution in [2.75, 3.05) is 7.11 Å². The molecule has 0 aliphatic heterocycles. The summed E-state index contributed by atoms with van der Waals surface area (Å²) in [6.07, 6.45) is 1.70. The summed E-state index contributed by atoms with van der Waals surface area (Å²) < 4.78 is 49.4. The summed E-state index contributed by atoms with van der Waals surface area (Å²) >= 11 is 0. The molecule has 0 fully saturated rings. The van der Waals surface area contributed by atoms with Crippen LogP contribution in [0.1, 0.15) is 18.6 Å². The highest BCUT2D eigenvalue weighted by Crippen LogP contribution is 2.40. The Hall–Kier alpha value is -2.90. The number of allylic oxidation sites excluding steroid dienone is 1. The zero-order valence-corrected chi connectivity index (χ0v) is 16.3. The summed E-state index contributed by atoms with van der Waals surface area (Å²) in [7, 11) is -2.61. The van der Waals surface area contributed by atoms with Crippen LogP contribution in [0.25, 0.3) is 22.5 Å². The summed E-state index contributed by atoms with van der Waals surface area (Å²) in [6, 6.07) is 12.5. The van der Waals surface area contributed by atoms with Gasteiger partial charge in [0.25, 0.3) is 0 Å². The van der Waals surface area contributed by atoms with E-state index in [4.69, 9.17) is 14.3 Å². The fourth-order valence-corrected chi connectivity index (χ4v) is 3.64. The highest BCUT2D eigenvalue weighted by molar-refractivity contribution is 7.89. The molecule has 1 aromatic heterocycles. The van der Waals surface area contributed by atoms with E-state index in [0.29, 0.717) is 22.5 Å². The van der Waals surface area contributed by atoms with Crippen LogP contribution in [0.5, 0.6) is 5.75 Å². The molecule has 3 rings (SSSR count). The van der Waals surface area contributed by atoms with Gasteiger partial charge in [-0.05, 0) is 35.9 Å². The number of halogens is 1. The lowest BCUT2D eigenvalue weighted by Gasteiger charge is -2.09. The standard InChI is InChI=1S/C21H20FNO4S/c1-4-13(2)19-12-16(14-9-10-18(26-3)17(22)11-14)21(27-19)15-7-5-6-8-20(15)28(23,24)25/h4-13H,1H2,2-3H3,(H2,23,24,25). The maximum atomic E-state index is 14.3. The van der Waals surface area contributed by atoms with Crippen molar-refractivity contribution >= 4 is 10.0 Å². The third-order valence-electron chi connectivity index (χ3n) is 4.45. The highest BCUT2D eigenvalue weighted by Gasteiger charge is 2.23. The molecule has 0 aliphatic carbocycles. The Labute approximate surface area is 163 Å². The number of hydrogen-bond acceptors (Lipinski definition) is 4. The van der Waals surface area contributed by atoms with Crippen LogP contribution in [0, 0.1) is 5.82 Å². The Bertz CT molecular complexity index is 1140. The van der Waals surface area contributed by atoms with Crippen LogP contribution in [-0.2, 0) is 10.0 Å². The number of sulfonamides is 1. The molecule has 146 valence electrons. The molecule has 2 aromatic carbocycles. The average Bonchev–Trinajstić information content (AvgIpc) is 3.12. The predicted molar refractivity (Wildman–Crippen MR) is 106 cm³/mol. The second-order valence-corrected chi connectivity index (χ2v) is 7.84. The molecule has 0 bridgehead atoms. The van der Waals surface area contributed by atoms with Gasteiger partial charge in [0.1, 0.15) is 11.5 Å². The molecule has 0 spiro atoms. The van der Waals surface area contributed by atoms with E-state index < -0.39 is 15.8 Å². The van der Waals surface area contributed by atoms with E-state index in [2.05, 4.69) is 6.58 Å². The molecule has 1 unspecified atom stereocenters. The molecule has 2 N–H and O–H groups in total. The SMILES string of the molecule is C=CC(C)c1cc(-c2ccc(OC)c(F)c2)c(-c2ccccc2S(N)(=O)=O)o1. The van der Waals surface area contributed by atoms with Crippen LogP contribution in [-0.4, -0.2) is 15.5 Å². The van der Waals surface area contributed by atoms with Crippen LogP contribution in [0.3, 0.4) is 0 Å². The quantitative estimate of drug-likeness (QED) is 0.607. The fraction of sp³-hybridized carbons (Fsp3) is 0.143. The molecule has 0 radical (unpaired) electrons. The average molecular weight is 401 g/mol. The van der Waals surface area contributed by atoms with Gasteiger partial charge in [-0.3, -0.25) is 0 Å².